The maximum Gasteiger partial charge on any atom is 0.264 e. The fourth-order valence-corrected chi connectivity index (χ4v) is 2.71. The van der Waals surface area contributed by atoms with Gasteiger partial charge >= 0.3 is 0 Å². The lowest BCUT2D eigenvalue weighted by Gasteiger charge is -2.37. The number of benzene rings is 1. The number of hydrogen-bond donors (Lipinski definition) is 2. The largest absolute Gasteiger partial charge is 0.394 e. The van der Waals surface area contributed by atoms with Crippen LogP contribution in [-0.2, 0) is 23.8 Å². The van der Waals surface area contributed by atoms with E-state index in [0.717, 1.165) is 11.8 Å². The van der Waals surface area contributed by atoms with E-state index in [2.05, 4.69) is 0 Å². The first-order valence-corrected chi connectivity index (χ1v) is 8.21. The van der Waals surface area contributed by atoms with Gasteiger partial charge in [-0.15, -0.1) is 0 Å². The summed E-state index contributed by atoms with van der Waals surface area (Å²) in [6, 6.07) is 9.01. The Morgan fingerprint density at radius 1 is 1.38 bits per heavy atom. The lowest BCUT2D eigenvalue weighted by Crippen LogP contribution is -2.50. The van der Waals surface area contributed by atoms with Crippen LogP contribution in [0.4, 0.5) is 0 Å². The van der Waals surface area contributed by atoms with Crippen LogP contribution in [-0.4, -0.2) is 56.4 Å². The number of ether oxygens (including phenoxy) is 2. The van der Waals surface area contributed by atoms with E-state index in [0.29, 0.717) is 0 Å². The SMILES string of the molecule is CS(=O)(=O)O[C@H](CO)[C@H]1OC(c2ccccc2)OC[C@H]1O. The second kappa shape index (κ2) is 6.82. The van der Waals surface area contributed by atoms with Crippen molar-refractivity contribution in [3.05, 3.63) is 35.9 Å². The van der Waals surface area contributed by atoms with Crippen LogP contribution in [0.2, 0.25) is 0 Å². The van der Waals surface area contributed by atoms with Gasteiger partial charge in [0.25, 0.3) is 10.1 Å². The first-order valence-electron chi connectivity index (χ1n) is 6.40. The van der Waals surface area contributed by atoms with Gasteiger partial charge in [0.1, 0.15) is 18.3 Å². The number of aliphatic hydroxyl groups excluding tert-OH is 2. The van der Waals surface area contributed by atoms with Gasteiger partial charge in [0.15, 0.2) is 6.29 Å². The molecule has 2 N–H and O–H groups in total. The van der Waals surface area contributed by atoms with Crippen LogP contribution in [0.5, 0.6) is 0 Å². The zero-order valence-corrected chi connectivity index (χ0v) is 12.3. The quantitative estimate of drug-likeness (QED) is 0.725. The van der Waals surface area contributed by atoms with E-state index in [1.807, 2.05) is 6.07 Å². The molecule has 21 heavy (non-hydrogen) atoms. The molecule has 1 fully saturated rings. The van der Waals surface area contributed by atoms with Gasteiger partial charge in [-0.05, 0) is 0 Å². The summed E-state index contributed by atoms with van der Waals surface area (Å²) < 4.78 is 38.1. The molecule has 0 spiro atoms. The third-order valence-corrected chi connectivity index (χ3v) is 3.59. The fourth-order valence-electron chi connectivity index (χ4n) is 2.09. The van der Waals surface area contributed by atoms with E-state index >= 15 is 0 Å². The Morgan fingerprint density at radius 3 is 2.62 bits per heavy atom. The lowest BCUT2D eigenvalue weighted by atomic mass is 10.1. The molecule has 0 radical (unpaired) electrons. The van der Waals surface area contributed by atoms with E-state index in [9.17, 15) is 18.6 Å². The molecule has 4 atom stereocenters. The first kappa shape index (κ1) is 16.3. The van der Waals surface area contributed by atoms with Crippen LogP contribution in [0.1, 0.15) is 11.9 Å². The third-order valence-electron chi connectivity index (χ3n) is 2.99. The maximum atomic E-state index is 11.2. The molecule has 0 amide bonds. The minimum Gasteiger partial charge on any atom is -0.394 e. The minimum atomic E-state index is -3.78. The Balaban J connectivity index is 2.13. The molecule has 7 nitrogen and oxygen atoms in total. The predicted molar refractivity (Wildman–Crippen MR) is 72.8 cm³/mol. The van der Waals surface area contributed by atoms with Crippen LogP contribution in [0.3, 0.4) is 0 Å². The molecule has 1 aromatic carbocycles. The van der Waals surface area contributed by atoms with Crippen LogP contribution in [0, 0.1) is 0 Å². The fraction of sp³-hybridized carbons (Fsp3) is 0.538. The average molecular weight is 318 g/mol. The Kier molecular flexibility index (Phi) is 5.31. The first-order chi connectivity index (χ1) is 9.90. The van der Waals surface area contributed by atoms with E-state index in [4.69, 9.17) is 13.7 Å². The summed E-state index contributed by atoms with van der Waals surface area (Å²) >= 11 is 0. The van der Waals surface area contributed by atoms with E-state index in [1.165, 1.54) is 0 Å². The predicted octanol–water partition coefficient (Wildman–Crippen LogP) is -0.201. The summed E-state index contributed by atoms with van der Waals surface area (Å²) in [6.45, 7) is -0.649. The molecule has 0 aromatic heterocycles. The monoisotopic (exact) mass is 318 g/mol. The van der Waals surface area contributed by atoms with E-state index in [-0.39, 0.29) is 6.61 Å². The smallest absolute Gasteiger partial charge is 0.264 e. The molecule has 1 unspecified atom stereocenters. The highest BCUT2D eigenvalue weighted by Gasteiger charge is 2.38. The van der Waals surface area contributed by atoms with E-state index < -0.39 is 41.3 Å². The second-order valence-corrected chi connectivity index (χ2v) is 6.37. The Labute approximate surface area is 123 Å². The van der Waals surface area contributed by atoms with E-state index in [1.54, 1.807) is 24.3 Å². The number of aliphatic hydroxyl groups is 2. The van der Waals surface area contributed by atoms with Crippen molar-refractivity contribution in [3.8, 4) is 0 Å². The molecule has 118 valence electrons. The minimum absolute atomic E-state index is 0.0478. The third kappa shape index (κ3) is 4.47. The average Bonchev–Trinajstić information content (AvgIpc) is 2.45. The Bertz CT molecular complexity index is 545. The van der Waals surface area contributed by atoms with Crippen molar-refractivity contribution in [2.24, 2.45) is 0 Å². The molecule has 0 bridgehead atoms. The van der Waals surface area contributed by atoms with Crippen molar-refractivity contribution in [2.75, 3.05) is 19.5 Å². The van der Waals surface area contributed by atoms with Crippen molar-refractivity contribution in [1.29, 1.82) is 0 Å². The highest BCUT2D eigenvalue weighted by molar-refractivity contribution is 7.86. The molecule has 1 aromatic rings. The standard InChI is InChI=1S/C13H18O7S/c1-21(16,17)20-11(7-14)12-10(15)8-18-13(19-12)9-5-3-2-4-6-9/h2-6,10-15H,7-8H2,1H3/t10-,11-,12+,13?/m1/s1. The van der Waals surface area contributed by atoms with Gasteiger partial charge < -0.3 is 19.7 Å². The topological polar surface area (TPSA) is 102 Å². The van der Waals surface area contributed by atoms with Crippen molar-refractivity contribution < 1.29 is 32.3 Å². The Hall–Kier alpha value is -1.03. The molecule has 1 aliphatic rings. The van der Waals surface area contributed by atoms with Gasteiger partial charge in [0.2, 0.25) is 0 Å². The van der Waals surface area contributed by atoms with Crippen LogP contribution < -0.4 is 0 Å². The maximum absolute atomic E-state index is 11.2. The van der Waals surface area contributed by atoms with Crippen LogP contribution in [0.15, 0.2) is 30.3 Å². The van der Waals surface area contributed by atoms with Crippen LogP contribution in [0.25, 0.3) is 0 Å². The molecule has 0 aliphatic carbocycles. The molecule has 1 saturated heterocycles. The molecule has 0 saturated carbocycles. The number of rotatable bonds is 5. The molecule has 1 heterocycles. The second-order valence-electron chi connectivity index (χ2n) is 4.77. The lowest BCUT2D eigenvalue weighted by molar-refractivity contribution is -0.274. The van der Waals surface area contributed by atoms with Crippen molar-refractivity contribution in [2.45, 2.75) is 24.6 Å². The van der Waals surface area contributed by atoms with Gasteiger partial charge in [0.05, 0.1) is 19.5 Å². The summed E-state index contributed by atoms with van der Waals surface area (Å²) in [5, 5.41) is 19.2. The molecule has 8 heteroatoms. The highest BCUT2D eigenvalue weighted by Crippen LogP contribution is 2.28. The van der Waals surface area contributed by atoms with Crippen molar-refractivity contribution in [3.63, 3.8) is 0 Å². The molecular formula is C13H18O7S. The van der Waals surface area contributed by atoms with Gasteiger partial charge in [-0.2, -0.15) is 8.42 Å². The van der Waals surface area contributed by atoms with Gasteiger partial charge in [-0.25, -0.2) is 0 Å². The molecular weight excluding hydrogens is 300 g/mol. The zero-order chi connectivity index (χ0) is 15.5. The van der Waals surface area contributed by atoms with Gasteiger partial charge in [0, 0.05) is 5.56 Å². The summed E-state index contributed by atoms with van der Waals surface area (Å²) in [7, 11) is -3.78. The summed E-state index contributed by atoms with van der Waals surface area (Å²) in [4.78, 5) is 0. The molecule has 1 aliphatic heterocycles. The van der Waals surface area contributed by atoms with Crippen molar-refractivity contribution in [1.82, 2.24) is 0 Å². The Morgan fingerprint density at radius 2 is 2.05 bits per heavy atom. The number of hydrogen-bond acceptors (Lipinski definition) is 7. The van der Waals surface area contributed by atoms with Gasteiger partial charge in [-0.3, -0.25) is 4.18 Å². The van der Waals surface area contributed by atoms with Crippen molar-refractivity contribution >= 4 is 10.1 Å². The van der Waals surface area contributed by atoms with Crippen LogP contribution >= 0.6 is 0 Å². The molecule has 2 rings (SSSR count). The highest BCUT2D eigenvalue weighted by atomic mass is 32.2. The van der Waals surface area contributed by atoms with Gasteiger partial charge in [-0.1, -0.05) is 30.3 Å². The summed E-state index contributed by atoms with van der Waals surface area (Å²) in [5.74, 6) is 0. The normalized spacial score (nSPS) is 28.2. The summed E-state index contributed by atoms with van der Waals surface area (Å²) in [6.07, 6.45) is -3.18. The zero-order valence-electron chi connectivity index (χ0n) is 11.5. The summed E-state index contributed by atoms with van der Waals surface area (Å²) in [5.41, 5.74) is 0.727.